The van der Waals surface area contributed by atoms with Crippen molar-refractivity contribution in [3.05, 3.63) is 36.9 Å². The summed E-state index contributed by atoms with van der Waals surface area (Å²) in [6.45, 7) is 7.10. The number of ketones is 1. The number of rotatable bonds is 8. The largest absolute Gasteiger partial charge is 0.353 e. The molecule has 0 amide bonds. The Balaban J connectivity index is 1.26. The van der Waals surface area contributed by atoms with Crippen LogP contribution < -0.4 is 10.2 Å². The van der Waals surface area contributed by atoms with Gasteiger partial charge < -0.3 is 10.2 Å². The van der Waals surface area contributed by atoms with Crippen molar-refractivity contribution in [3.63, 3.8) is 0 Å². The highest BCUT2D eigenvalue weighted by Gasteiger charge is 2.38. The van der Waals surface area contributed by atoms with Gasteiger partial charge in [0.2, 0.25) is 0 Å². The van der Waals surface area contributed by atoms with Crippen molar-refractivity contribution in [1.82, 2.24) is 33.9 Å². The number of pyridine rings is 1. The van der Waals surface area contributed by atoms with Gasteiger partial charge in [0, 0.05) is 37.6 Å². The number of carbonyl (C=O) groups is 1. The Hall–Kier alpha value is -3.87. The van der Waals surface area contributed by atoms with Crippen LogP contribution in [0.15, 0.2) is 36.9 Å². The number of hydrogen-bond acceptors (Lipinski definition) is 10. The Morgan fingerprint density at radius 3 is 2.62 bits per heavy atom. The molecule has 5 heterocycles. The van der Waals surface area contributed by atoms with E-state index in [1.807, 2.05) is 10.7 Å². The van der Waals surface area contributed by atoms with Crippen LogP contribution in [0.2, 0.25) is 0 Å². The third kappa shape index (κ3) is 4.22. The molecule has 1 saturated carbocycles. The minimum Gasteiger partial charge on any atom is -0.353 e. The first-order valence-corrected chi connectivity index (χ1v) is 13.7. The summed E-state index contributed by atoms with van der Waals surface area (Å²) in [5.41, 5.74) is 1.44. The summed E-state index contributed by atoms with van der Waals surface area (Å²) >= 11 is 0. The molecule has 1 aliphatic carbocycles. The molecule has 1 N–H and O–H groups in total. The van der Waals surface area contributed by atoms with E-state index in [0.717, 1.165) is 20.8 Å². The van der Waals surface area contributed by atoms with Crippen LogP contribution in [0.3, 0.4) is 0 Å². The first-order chi connectivity index (χ1) is 17.7. The molecule has 12 nitrogen and oxygen atoms in total. The summed E-state index contributed by atoms with van der Waals surface area (Å²) in [5.74, 6) is 2.55. The van der Waals surface area contributed by atoms with Gasteiger partial charge in [-0.25, -0.2) is 23.4 Å². The first-order valence-electron chi connectivity index (χ1n) is 12.2. The Morgan fingerprint density at radius 1 is 1.14 bits per heavy atom. The molecule has 4 aromatic rings. The molecule has 2 aliphatic rings. The summed E-state index contributed by atoms with van der Waals surface area (Å²) < 4.78 is 27.9. The van der Waals surface area contributed by atoms with Gasteiger partial charge in [-0.3, -0.25) is 9.48 Å². The molecule has 6 rings (SSSR count). The van der Waals surface area contributed by atoms with E-state index in [1.165, 1.54) is 12.4 Å². The van der Waals surface area contributed by atoms with E-state index >= 15 is 0 Å². The lowest BCUT2D eigenvalue weighted by atomic mass is 9.96. The maximum absolute atomic E-state index is 12.5. The van der Waals surface area contributed by atoms with Crippen LogP contribution in [0.4, 0.5) is 17.5 Å². The molecular weight excluding hydrogens is 494 g/mol. The van der Waals surface area contributed by atoms with Gasteiger partial charge in [-0.2, -0.15) is 14.3 Å². The number of anilines is 3. The Bertz CT molecular complexity index is 1620. The normalized spacial score (nSPS) is 16.4. The van der Waals surface area contributed by atoms with E-state index in [9.17, 15) is 13.2 Å². The SMILES string of the molecule is CC(=O)C1CN(c2nn(C(C)C)c3cc(Nc4ccnc(-c5cnn(S(=O)(=O)C6CC6)c5)n4)ncc23)C1. The molecule has 1 aliphatic heterocycles. The number of nitrogens with zero attached hydrogens (tertiary/aromatic N) is 8. The summed E-state index contributed by atoms with van der Waals surface area (Å²) in [5, 5.41) is 12.6. The average molecular weight is 522 g/mol. The predicted molar refractivity (Wildman–Crippen MR) is 138 cm³/mol. The monoisotopic (exact) mass is 521 g/mol. The molecule has 0 radical (unpaired) electrons. The molecule has 0 bridgehead atoms. The second-order valence-electron chi connectivity index (χ2n) is 9.90. The van der Waals surface area contributed by atoms with E-state index in [4.69, 9.17) is 5.10 Å². The second kappa shape index (κ2) is 8.61. The van der Waals surface area contributed by atoms with Crippen molar-refractivity contribution in [2.24, 2.45) is 5.92 Å². The Labute approximate surface area is 213 Å². The van der Waals surface area contributed by atoms with Gasteiger partial charge in [0.05, 0.1) is 40.0 Å². The first kappa shape index (κ1) is 23.5. The number of nitrogens with one attached hydrogen (secondary N) is 1. The second-order valence-corrected chi connectivity index (χ2v) is 12.0. The van der Waals surface area contributed by atoms with Crippen molar-refractivity contribution in [1.29, 1.82) is 0 Å². The van der Waals surface area contributed by atoms with Crippen LogP contribution in [0.25, 0.3) is 22.3 Å². The van der Waals surface area contributed by atoms with Crippen molar-refractivity contribution < 1.29 is 13.2 Å². The molecule has 0 spiro atoms. The zero-order valence-corrected chi connectivity index (χ0v) is 21.6. The zero-order valence-electron chi connectivity index (χ0n) is 20.7. The van der Waals surface area contributed by atoms with Crippen LogP contribution in [-0.4, -0.2) is 66.5 Å². The molecule has 4 aromatic heterocycles. The van der Waals surface area contributed by atoms with E-state index in [0.29, 0.717) is 49.0 Å². The van der Waals surface area contributed by atoms with E-state index in [2.05, 4.69) is 44.1 Å². The summed E-state index contributed by atoms with van der Waals surface area (Å²) in [7, 11) is -3.46. The van der Waals surface area contributed by atoms with Gasteiger partial charge in [-0.05, 0) is 39.7 Å². The van der Waals surface area contributed by atoms with Crippen molar-refractivity contribution in [2.75, 3.05) is 23.3 Å². The zero-order chi connectivity index (χ0) is 25.9. The molecule has 192 valence electrons. The fourth-order valence-corrected chi connectivity index (χ4v) is 5.87. The quantitative estimate of drug-likeness (QED) is 0.368. The average Bonchev–Trinajstić information content (AvgIpc) is 3.46. The number of aromatic nitrogens is 7. The van der Waals surface area contributed by atoms with Crippen molar-refractivity contribution in [2.45, 2.75) is 44.9 Å². The van der Waals surface area contributed by atoms with Crippen LogP contribution >= 0.6 is 0 Å². The summed E-state index contributed by atoms with van der Waals surface area (Å²) in [6.07, 6.45) is 7.62. The Kier molecular flexibility index (Phi) is 5.48. The predicted octanol–water partition coefficient (Wildman–Crippen LogP) is 2.77. The van der Waals surface area contributed by atoms with Crippen LogP contribution in [-0.2, 0) is 14.8 Å². The number of fused-ring (bicyclic) bond motifs is 1. The lowest BCUT2D eigenvalue weighted by molar-refractivity contribution is -0.121. The molecule has 0 unspecified atom stereocenters. The van der Waals surface area contributed by atoms with Crippen LogP contribution in [0.5, 0.6) is 0 Å². The molecule has 13 heteroatoms. The standard InChI is InChI=1S/C24H27N9O3S/c1-14(2)33-20-8-22(26-10-19(20)24(30-33)31-11-17(12-31)15(3)34)28-21-6-7-25-23(29-21)16-9-27-32(13-16)37(35,36)18-4-5-18/h6-10,13-14,17-18H,4-5,11-12H2,1-3H3,(H,25,26,28,29). The molecule has 37 heavy (non-hydrogen) atoms. The highest BCUT2D eigenvalue weighted by atomic mass is 32.2. The molecule has 1 saturated heterocycles. The fourth-order valence-electron chi connectivity index (χ4n) is 4.40. The topological polar surface area (TPSA) is 141 Å². The molecule has 0 atom stereocenters. The maximum Gasteiger partial charge on any atom is 0.256 e. The molecule has 0 aromatic carbocycles. The summed E-state index contributed by atoms with van der Waals surface area (Å²) in [6, 6.07) is 3.77. The van der Waals surface area contributed by atoms with Gasteiger partial charge in [0.25, 0.3) is 10.0 Å². The maximum atomic E-state index is 12.5. The van der Waals surface area contributed by atoms with Gasteiger partial charge in [-0.15, -0.1) is 0 Å². The third-order valence-corrected chi connectivity index (χ3v) is 8.79. The van der Waals surface area contributed by atoms with Crippen LogP contribution in [0.1, 0.15) is 39.7 Å². The minimum atomic E-state index is -3.46. The van der Waals surface area contributed by atoms with Gasteiger partial charge >= 0.3 is 0 Å². The highest BCUT2D eigenvalue weighted by molar-refractivity contribution is 7.90. The van der Waals surface area contributed by atoms with Crippen LogP contribution in [0, 0.1) is 5.92 Å². The van der Waals surface area contributed by atoms with E-state index in [-0.39, 0.29) is 23.0 Å². The number of Topliss-reactive ketones (excluding diaryl/α,β-unsaturated/α-hetero) is 1. The minimum absolute atomic E-state index is 0.0565. The van der Waals surface area contributed by atoms with Gasteiger partial charge in [0.1, 0.15) is 17.4 Å². The summed E-state index contributed by atoms with van der Waals surface area (Å²) in [4.78, 5) is 27.2. The highest BCUT2D eigenvalue weighted by Crippen LogP contribution is 2.34. The van der Waals surface area contributed by atoms with Crippen molar-refractivity contribution in [3.8, 4) is 11.4 Å². The third-order valence-electron chi connectivity index (χ3n) is 6.75. The van der Waals surface area contributed by atoms with E-state index < -0.39 is 10.0 Å². The lowest BCUT2D eigenvalue weighted by Gasteiger charge is -2.38. The van der Waals surface area contributed by atoms with Gasteiger partial charge in [-0.1, -0.05) is 0 Å². The van der Waals surface area contributed by atoms with E-state index in [1.54, 1.807) is 25.4 Å². The molecular formula is C24H27N9O3S. The smallest absolute Gasteiger partial charge is 0.256 e. The number of hydrogen-bond donors (Lipinski definition) is 1. The lowest BCUT2D eigenvalue weighted by Crippen LogP contribution is -2.50. The Morgan fingerprint density at radius 2 is 1.92 bits per heavy atom. The van der Waals surface area contributed by atoms with Crippen molar-refractivity contribution >= 4 is 44.2 Å². The van der Waals surface area contributed by atoms with Gasteiger partial charge in [0.15, 0.2) is 11.6 Å². The molecule has 2 fully saturated rings. The number of carbonyl (C=O) groups excluding carboxylic acids is 1. The fraction of sp³-hybridized carbons (Fsp3) is 0.417.